The van der Waals surface area contributed by atoms with E-state index in [1.807, 2.05) is 91.0 Å². The zero-order valence-corrected chi connectivity index (χ0v) is 18.8. The number of aliphatic hydroxyl groups is 1. The molecule has 0 fully saturated rings. The van der Waals surface area contributed by atoms with E-state index in [2.05, 4.69) is 4.98 Å². The van der Waals surface area contributed by atoms with E-state index in [0.717, 1.165) is 38.9 Å². The summed E-state index contributed by atoms with van der Waals surface area (Å²) in [7, 11) is 0. The largest absolute Gasteiger partial charge is 0.463 e. The van der Waals surface area contributed by atoms with Crippen molar-refractivity contribution in [3.8, 4) is 0 Å². The van der Waals surface area contributed by atoms with Crippen LogP contribution in [0.2, 0.25) is 5.02 Å². The van der Waals surface area contributed by atoms with Crippen molar-refractivity contribution in [1.29, 1.82) is 0 Å². The number of halogens is 1. The van der Waals surface area contributed by atoms with E-state index in [0.29, 0.717) is 24.3 Å². The molecule has 0 saturated heterocycles. The van der Waals surface area contributed by atoms with Gasteiger partial charge in [-0.3, -0.25) is 4.79 Å². The molecule has 0 aliphatic carbocycles. The number of aliphatic hydroxyl groups excluding tert-OH is 1. The third kappa shape index (κ3) is 6.07. The summed E-state index contributed by atoms with van der Waals surface area (Å²) in [6.07, 6.45) is 4.59. The van der Waals surface area contributed by atoms with E-state index >= 15 is 0 Å². The predicted octanol–water partition coefficient (Wildman–Crippen LogP) is 6.40. The van der Waals surface area contributed by atoms with Gasteiger partial charge in [0, 0.05) is 10.4 Å². The van der Waals surface area contributed by atoms with E-state index in [4.69, 9.17) is 16.3 Å². The molecule has 0 bridgehead atoms. The molecule has 0 aliphatic heterocycles. The van der Waals surface area contributed by atoms with Crippen molar-refractivity contribution in [2.45, 2.75) is 25.6 Å². The summed E-state index contributed by atoms with van der Waals surface area (Å²) in [5.74, 6) is 0. The molecule has 166 valence electrons. The number of nitrogens with zero attached hydrogens (tertiary/aromatic N) is 1. The molecule has 1 heterocycles. The zero-order chi connectivity index (χ0) is 23.0. The second kappa shape index (κ2) is 10.9. The Hall–Kier alpha value is -3.47. The number of aryl methyl sites for hydroxylation is 1. The molecule has 4 aromatic rings. The van der Waals surface area contributed by atoms with Crippen LogP contribution in [0.5, 0.6) is 0 Å². The van der Waals surface area contributed by atoms with Crippen molar-refractivity contribution in [2.24, 2.45) is 0 Å². The first-order valence-corrected chi connectivity index (χ1v) is 11.1. The number of hydrogen-bond acceptors (Lipinski definition) is 4. The summed E-state index contributed by atoms with van der Waals surface area (Å²) < 4.78 is 4.90. The van der Waals surface area contributed by atoms with Crippen LogP contribution >= 0.6 is 11.6 Å². The second-order valence-electron chi connectivity index (χ2n) is 7.81. The first-order valence-electron chi connectivity index (χ1n) is 10.8. The highest BCUT2D eigenvalue weighted by Crippen LogP contribution is 2.23. The normalized spacial score (nSPS) is 12.2. The predicted molar refractivity (Wildman–Crippen MR) is 133 cm³/mol. The lowest BCUT2D eigenvalue weighted by atomic mass is 9.97. The Morgan fingerprint density at radius 2 is 1.76 bits per heavy atom. The van der Waals surface area contributed by atoms with Gasteiger partial charge in [-0.15, -0.1) is 0 Å². The van der Waals surface area contributed by atoms with E-state index in [1.54, 1.807) is 0 Å². The molecule has 5 heteroatoms. The van der Waals surface area contributed by atoms with Gasteiger partial charge in [-0.25, -0.2) is 4.98 Å². The first-order chi connectivity index (χ1) is 16.1. The van der Waals surface area contributed by atoms with Gasteiger partial charge in [-0.2, -0.15) is 0 Å². The van der Waals surface area contributed by atoms with Crippen LogP contribution in [-0.4, -0.2) is 16.6 Å². The lowest BCUT2D eigenvalue weighted by Gasteiger charge is -2.14. The Bertz CT molecular complexity index is 1290. The molecule has 4 nitrogen and oxygen atoms in total. The Morgan fingerprint density at radius 1 is 0.939 bits per heavy atom. The van der Waals surface area contributed by atoms with Crippen LogP contribution in [0.3, 0.4) is 0 Å². The average molecular weight is 458 g/mol. The fraction of sp³-hybridized carbons (Fsp3) is 0.143. The summed E-state index contributed by atoms with van der Waals surface area (Å²) in [5, 5.41) is 12.5. The number of fused-ring (bicyclic) bond motifs is 1. The van der Waals surface area contributed by atoms with Crippen LogP contribution in [0.25, 0.3) is 23.1 Å². The maximum Gasteiger partial charge on any atom is 0.293 e. The Labute approximate surface area is 198 Å². The lowest BCUT2D eigenvalue weighted by Crippen LogP contribution is -2.03. The van der Waals surface area contributed by atoms with Crippen LogP contribution < -0.4 is 0 Å². The summed E-state index contributed by atoms with van der Waals surface area (Å²) in [6.45, 7) is 0.693. The summed E-state index contributed by atoms with van der Waals surface area (Å²) >= 11 is 6.08. The third-order valence-electron chi connectivity index (χ3n) is 5.53. The number of aromatic nitrogens is 1. The van der Waals surface area contributed by atoms with E-state index in [1.165, 1.54) is 0 Å². The minimum Gasteiger partial charge on any atom is -0.463 e. The minimum atomic E-state index is -0.598. The molecule has 0 amide bonds. The zero-order valence-electron chi connectivity index (χ0n) is 18.0. The molecule has 0 spiro atoms. The van der Waals surface area contributed by atoms with Crippen molar-refractivity contribution in [2.75, 3.05) is 0 Å². The van der Waals surface area contributed by atoms with Gasteiger partial charge < -0.3 is 9.84 Å². The van der Waals surface area contributed by atoms with Crippen molar-refractivity contribution >= 4 is 41.1 Å². The number of benzene rings is 3. The highest BCUT2D eigenvalue weighted by atomic mass is 35.5. The van der Waals surface area contributed by atoms with Gasteiger partial charge in [0.2, 0.25) is 0 Å². The van der Waals surface area contributed by atoms with Crippen molar-refractivity contribution < 1.29 is 14.6 Å². The molecule has 1 aromatic heterocycles. The third-order valence-corrected chi connectivity index (χ3v) is 5.77. The molecule has 1 N–H and O–H groups in total. The first kappa shape index (κ1) is 22.7. The molecule has 0 saturated carbocycles. The van der Waals surface area contributed by atoms with Crippen LogP contribution in [0.1, 0.15) is 40.5 Å². The quantitative estimate of drug-likeness (QED) is 0.295. The van der Waals surface area contributed by atoms with Gasteiger partial charge in [0.15, 0.2) is 0 Å². The van der Waals surface area contributed by atoms with E-state index < -0.39 is 6.10 Å². The molecule has 1 atom stereocenters. The molecular formula is C28H24ClNO3. The van der Waals surface area contributed by atoms with Crippen molar-refractivity contribution in [3.05, 3.63) is 112 Å². The standard InChI is InChI=1S/C28H24ClNO3/c29-25-12-9-22-10-14-26(30-27(22)17-25)13-8-20-4-3-7-23(16-20)28(32)15-11-21-5-1-2-6-24(21)18-33-19-31/h1-10,12-14,16-17,19,28,32H,11,15,18H2/t28-/m0/s1. The van der Waals surface area contributed by atoms with Crippen molar-refractivity contribution in [3.63, 3.8) is 0 Å². The lowest BCUT2D eigenvalue weighted by molar-refractivity contribution is -0.129. The fourth-order valence-corrected chi connectivity index (χ4v) is 3.94. The number of rotatable bonds is 9. The minimum absolute atomic E-state index is 0.241. The number of hydrogen-bond donors (Lipinski definition) is 1. The number of carbonyl (C=O) groups excluding carboxylic acids is 1. The van der Waals surface area contributed by atoms with E-state index in [9.17, 15) is 9.90 Å². The average Bonchev–Trinajstić information content (AvgIpc) is 2.85. The molecule has 0 radical (unpaired) electrons. The maximum atomic E-state index is 10.8. The smallest absolute Gasteiger partial charge is 0.293 e. The highest BCUT2D eigenvalue weighted by Gasteiger charge is 2.10. The number of ether oxygens (including phenoxy) is 1. The van der Waals surface area contributed by atoms with Gasteiger partial charge in [0.25, 0.3) is 6.47 Å². The van der Waals surface area contributed by atoms with Gasteiger partial charge in [-0.1, -0.05) is 72.3 Å². The molecular weight excluding hydrogens is 434 g/mol. The van der Waals surface area contributed by atoms with Crippen LogP contribution in [-0.2, 0) is 22.6 Å². The van der Waals surface area contributed by atoms with Gasteiger partial charge in [-0.05, 0) is 65.4 Å². The number of pyridine rings is 1. The fourth-order valence-electron chi connectivity index (χ4n) is 3.78. The summed E-state index contributed by atoms with van der Waals surface area (Å²) in [6, 6.07) is 25.3. The Kier molecular flexibility index (Phi) is 7.51. The molecule has 0 unspecified atom stereocenters. The topological polar surface area (TPSA) is 59.4 Å². The molecule has 0 aliphatic rings. The SMILES string of the molecule is O=COCc1ccccc1CC[C@H](O)c1cccc(C=Cc2ccc3ccc(Cl)cc3n2)c1. The second-order valence-corrected chi connectivity index (χ2v) is 8.24. The van der Waals surface area contributed by atoms with Gasteiger partial charge >= 0.3 is 0 Å². The Balaban J connectivity index is 1.44. The maximum absolute atomic E-state index is 10.8. The van der Waals surface area contributed by atoms with Gasteiger partial charge in [0.05, 0.1) is 17.3 Å². The Morgan fingerprint density at radius 3 is 2.61 bits per heavy atom. The highest BCUT2D eigenvalue weighted by molar-refractivity contribution is 6.31. The van der Waals surface area contributed by atoms with Crippen LogP contribution in [0.15, 0.2) is 78.9 Å². The number of carbonyl (C=O) groups is 1. The van der Waals surface area contributed by atoms with Crippen molar-refractivity contribution in [1.82, 2.24) is 4.98 Å². The summed E-state index contributed by atoms with van der Waals surface area (Å²) in [4.78, 5) is 15.2. The monoisotopic (exact) mass is 457 g/mol. The van der Waals surface area contributed by atoms with Gasteiger partial charge in [0.1, 0.15) is 6.61 Å². The molecule has 3 aromatic carbocycles. The summed E-state index contributed by atoms with van der Waals surface area (Å²) in [5.41, 5.74) is 5.56. The van der Waals surface area contributed by atoms with E-state index in [-0.39, 0.29) is 6.61 Å². The molecule has 4 rings (SSSR count). The van der Waals surface area contributed by atoms with Crippen LogP contribution in [0.4, 0.5) is 0 Å². The molecule has 33 heavy (non-hydrogen) atoms. The van der Waals surface area contributed by atoms with Crippen LogP contribution in [0, 0.1) is 0 Å².